The second-order valence-electron chi connectivity index (χ2n) is 8.90. The zero-order valence-electron chi connectivity index (χ0n) is 18.5. The summed E-state index contributed by atoms with van der Waals surface area (Å²) in [6, 6.07) is 15.0. The highest BCUT2D eigenvalue weighted by atomic mass is 35.5. The summed E-state index contributed by atoms with van der Waals surface area (Å²) in [5, 5.41) is 11.7. The third-order valence-corrected chi connectivity index (χ3v) is 6.49. The average molecular weight is 463 g/mol. The van der Waals surface area contributed by atoms with Crippen LogP contribution in [0.3, 0.4) is 0 Å². The Balaban J connectivity index is 1.86. The number of aliphatic hydroxyl groups excluding tert-OH is 1. The van der Waals surface area contributed by atoms with E-state index >= 15 is 0 Å². The van der Waals surface area contributed by atoms with Gasteiger partial charge in [-0.15, -0.1) is 0 Å². The van der Waals surface area contributed by atoms with E-state index in [1.807, 2.05) is 60.5 Å². The molecule has 0 bridgehead atoms. The summed E-state index contributed by atoms with van der Waals surface area (Å²) in [5.41, 5.74) is 1.79. The molecule has 4 nitrogen and oxygen atoms in total. The molecule has 3 rings (SSSR count). The van der Waals surface area contributed by atoms with E-state index in [9.17, 15) is 9.90 Å². The molecule has 2 aromatic carbocycles. The summed E-state index contributed by atoms with van der Waals surface area (Å²) < 4.78 is 0. The van der Waals surface area contributed by atoms with Crippen LogP contribution in [0.5, 0.6) is 0 Å². The predicted molar refractivity (Wildman–Crippen MR) is 128 cm³/mol. The second-order valence-corrected chi connectivity index (χ2v) is 9.77. The van der Waals surface area contributed by atoms with Gasteiger partial charge in [0.05, 0.1) is 5.92 Å². The van der Waals surface area contributed by atoms with Crippen LogP contribution in [0.1, 0.15) is 50.2 Å². The van der Waals surface area contributed by atoms with E-state index in [4.69, 9.17) is 23.2 Å². The molecule has 0 aromatic heterocycles. The molecule has 0 spiro atoms. The Hall–Kier alpha value is -1.59. The predicted octanol–water partition coefficient (Wildman–Crippen LogP) is 5.41. The summed E-state index contributed by atoms with van der Waals surface area (Å²) in [6.45, 7) is 5.81. The molecule has 2 atom stereocenters. The summed E-state index contributed by atoms with van der Waals surface area (Å²) in [5.74, 6) is 0.0550. The molecule has 1 aliphatic heterocycles. The van der Waals surface area contributed by atoms with Gasteiger partial charge in [-0.25, -0.2) is 0 Å². The first-order chi connectivity index (χ1) is 14.8. The second kappa shape index (κ2) is 10.8. The van der Waals surface area contributed by atoms with Gasteiger partial charge in [-0.3, -0.25) is 9.69 Å². The SMILES string of the molecule is CC(C)CC(CN(C)C(=O)C(c1ccc(Cl)cc1)c1ccc(Cl)cc1)N1CCCC1O. The number of carbonyl (C=O) groups is 1. The van der Waals surface area contributed by atoms with Crippen molar-refractivity contribution < 1.29 is 9.90 Å². The molecule has 1 aliphatic rings. The van der Waals surface area contributed by atoms with Gasteiger partial charge >= 0.3 is 0 Å². The maximum Gasteiger partial charge on any atom is 0.234 e. The molecule has 1 amide bonds. The molecular weight excluding hydrogens is 431 g/mol. The summed E-state index contributed by atoms with van der Waals surface area (Å²) in [4.78, 5) is 17.7. The first kappa shape index (κ1) is 24.1. The number of benzene rings is 2. The molecule has 0 saturated carbocycles. The summed E-state index contributed by atoms with van der Waals surface area (Å²) >= 11 is 12.2. The highest BCUT2D eigenvalue weighted by Crippen LogP contribution is 2.30. The minimum Gasteiger partial charge on any atom is -0.378 e. The van der Waals surface area contributed by atoms with Gasteiger partial charge in [0, 0.05) is 36.2 Å². The zero-order chi connectivity index (χ0) is 22.5. The molecule has 31 heavy (non-hydrogen) atoms. The standard InChI is InChI=1S/C25H32Cl2N2O2/c1-17(2)15-22(29-14-4-5-23(29)30)16-28(3)25(31)24(18-6-10-20(26)11-7-18)19-8-12-21(27)13-9-19/h6-13,17,22-24,30H,4-5,14-16H2,1-3H3. The Labute approximate surface area is 195 Å². The Morgan fingerprint density at radius 2 is 1.58 bits per heavy atom. The minimum atomic E-state index is -0.442. The number of likely N-dealkylation sites (N-methyl/N-ethyl adjacent to an activating group) is 1. The van der Waals surface area contributed by atoms with Crippen LogP contribution in [-0.4, -0.2) is 53.2 Å². The number of rotatable bonds is 8. The number of nitrogens with zero attached hydrogens (tertiary/aromatic N) is 2. The van der Waals surface area contributed by atoms with Crippen molar-refractivity contribution in [2.75, 3.05) is 20.1 Å². The first-order valence-electron chi connectivity index (χ1n) is 11.0. The van der Waals surface area contributed by atoms with Gasteiger partial charge in [0.2, 0.25) is 5.91 Å². The van der Waals surface area contributed by atoms with E-state index in [1.54, 1.807) is 0 Å². The Morgan fingerprint density at radius 1 is 1.06 bits per heavy atom. The van der Waals surface area contributed by atoms with Gasteiger partial charge in [0.1, 0.15) is 6.23 Å². The zero-order valence-corrected chi connectivity index (χ0v) is 20.0. The number of likely N-dealkylation sites (tertiary alicyclic amines) is 1. The lowest BCUT2D eigenvalue weighted by Gasteiger charge is -2.35. The Bertz CT molecular complexity index is 809. The van der Waals surface area contributed by atoms with Crippen molar-refractivity contribution in [2.24, 2.45) is 5.92 Å². The van der Waals surface area contributed by atoms with Gasteiger partial charge in [-0.2, -0.15) is 0 Å². The van der Waals surface area contributed by atoms with Crippen LogP contribution >= 0.6 is 23.2 Å². The molecule has 6 heteroatoms. The molecule has 1 fully saturated rings. The van der Waals surface area contributed by atoms with Crippen molar-refractivity contribution in [3.05, 3.63) is 69.7 Å². The van der Waals surface area contributed by atoms with E-state index in [-0.39, 0.29) is 11.9 Å². The summed E-state index contributed by atoms with van der Waals surface area (Å²) in [7, 11) is 1.86. The van der Waals surface area contributed by atoms with Crippen LogP contribution in [0.15, 0.2) is 48.5 Å². The van der Waals surface area contributed by atoms with E-state index in [0.717, 1.165) is 36.9 Å². The molecule has 2 unspecified atom stereocenters. The topological polar surface area (TPSA) is 43.8 Å². The molecule has 0 aliphatic carbocycles. The van der Waals surface area contributed by atoms with Crippen LogP contribution in [0.2, 0.25) is 10.0 Å². The number of aliphatic hydroxyl groups is 1. The smallest absolute Gasteiger partial charge is 0.234 e. The molecule has 168 valence electrons. The fraction of sp³-hybridized carbons (Fsp3) is 0.480. The number of amides is 1. The van der Waals surface area contributed by atoms with Crippen LogP contribution < -0.4 is 0 Å². The fourth-order valence-electron chi connectivity index (χ4n) is 4.47. The van der Waals surface area contributed by atoms with E-state index in [2.05, 4.69) is 18.7 Å². The molecule has 0 radical (unpaired) electrons. The van der Waals surface area contributed by atoms with Crippen molar-refractivity contribution >= 4 is 29.1 Å². The molecule has 1 heterocycles. The van der Waals surface area contributed by atoms with Crippen molar-refractivity contribution in [3.8, 4) is 0 Å². The molecule has 1 N–H and O–H groups in total. The summed E-state index contributed by atoms with van der Waals surface area (Å²) in [6.07, 6.45) is 2.30. The van der Waals surface area contributed by atoms with Crippen molar-refractivity contribution in [3.63, 3.8) is 0 Å². The molecule has 1 saturated heterocycles. The van der Waals surface area contributed by atoms with Crippen LogP contribution in [0.25, 0.3) is 0 Å². The number of hydrogen-bond acceptors (Lipinski definition) is 3. The van der Waals surface area contributed by atoms with Crippen LogP contribution in [-0.2, 0) is 4.79 Å². The maximum atomic E-state index is 13.7. The Kier molecular flexibility index (Phi) is 8.40. The number of halogens is 2. The van der Waals surface area contributed by atoms with Crippen molar-refractivity contribution in [1.82, 2.24) is 9.80 Å². The van der Waals surface area contributed by atoms with Gasteiger partial charge in [-0.1, -0.05) is 61.3 Å². The van der Waals surface area contributed by atoms with Gasteiger partial charge < -0.3 is 10.0 Å². The largest absolute Gasteiger partial charge is 0.378 e. The third-order valence-electron chi connectivity index (χ3n) is 5.99. The highest BCUT2D eigenvalue weighted by Gasteiger charge is 2.33. The fourth-order valence-corrected chi connectivity index (χ4v) is 4.72. The lowest BCUT2D eigenvalue weighted by molar-refractivity contribution is -0.132. The lowest BCUT2D eigenvalue weighted by Crippen LogP contribution is -2.48. The van der Waals surface area contributed by atoms with Gasteiger partial charge in [0.25, 0.3) is 0 Å². The van der Waals surface area contributed by atoms with Crippen LogP contribution in [0, 0.1) is 5.92 Å². The van der Waals surface area contributed by atoms with Gasteiger partial charge in [0.15, 0.2) is 0 Å². The normalized spacial score (nSPS) is 18.0. The highest BCUT2D eigenvalue weighted by molar-refractivity contribution is 6.30. The first-order valence-corrected chi connectivity index (χ1v) is 11.7. The quantitative estimate of drug-likeness (QED) is 0.569. The minimum absolute atomic E-state index is 0.0205. The van der Waals surface area contributed by atoms with Gasteiger partial charge in [-0.05, 0) is 60.6 Å². The average Bonchev–Trinajstić information content (AvgIpc) is 3.16. The van der Waals surface area contributed by atoms with Crippen molar-refractivity contribution in [2.45, 2.75) is 51.3 Å². The van der Waals surface area contributed by atoms with Crippen molar-refractivity contribution in [1.29, 1.82) is 0 Å². The molecular formula is C25H32Cl2N2O2. The maximum absolute atomic E-state index is 13.7. The van der Waals surface area contributed by atoms with E-state index in [1.165, 1.54) is 0 Å². The molecule has 2 aromatic rings. The van der Waals surface area contributed by atoms with E-state index in [0.29, 0.717) is 22.5 Å². The number of hydrogen-bond donors (Lipinski definition) is 1. The van der Waals surface area contributed by atoms with Crippen LogP contribution in [0.4, 0.5) is 0 Å². The lowest BCUT2D eigenvalue weighted by atomic mass is 9.89. The monoisotopic (exact) mass is 462 g/mol. The van der Waals surface area contributed by atoms with E-state index < -0.39 is 12.1 Å². The number of carbonyl (C=O) groups excluding carboxylic acids is 1. The third kappa shape index (κ3) is 6.23. The Morgan fingerprint density at radius 3 is 2.00 bits per heavy atom.